The summed E-state index contributed by atoms with van der Waals surface area (Å²) < 4.78 is 5.72. The molecule has 0 aliphatic heterocycles. The molecule has 3 N–H and O–H groups in total. The van der Waals surface area contributed by atoms with E-state index in [1.165, 1.54) is 7.11 Å². The molecule has 0 aliphatic carbocycles. The van der Waals surface area contributed by atoms with Crippen LogP contribution in [0.3, 0.4) is 0 Å². The fourth-order valence-corrected chi connectivity index (χ4v) is 2.34. The number of benzene rings is 2. The number of methoxy groups -OCH3 is 1. The van der Waals surface area contributed by atoms with Crippen LogP contribution in [0.5, 0.6) is 0 Å². The van der Waals surface area contributed by atoms with Crippen LogP contribution in [-0.4, -0.2) is 31.6 Å². The van der Waals surface area contributed by atoms with Crippen molar-refractivity contribution in [3.8, 4) is 0 Å². The number of nitrogens with one attached hydrogen (secondary N) is 3. The first-order valence-electron chi connectivity index (χ1n) is 7.70. The summed E-state index contributed by atoms with van der Waals surface area (Å²) in [6.07, 6.45) is 0. The molecule has 0 bridgehead atoms. The number of ether oxygens (including phenoxy) is 1. The van der Waals surface area contributed by atoms with Crippen LogP contribution in [0.25, 0.3) is 0 Å². The lowest BCUT2D eigenvalue weighted by atomic mass is 10.2. The van der Waals surface area contributed by atoms with E-state index in [-0.39, 0.29) is 18.4 Å². The minimum Gasteiger partial charge on any atom is -0.375 e. The monoisotopic (exact) mass is 405 g/mol. The predicted molar refractivity (Wildman–Crippen MR) is 103 cm³/mol. The highest BCUT2D eigenvalue weighted by Crippen LogP contribution is 2.16. The molecule has 0 spiro atoms. The molecule has 2 aromatic rings. The van der Waals surface area contributed by atoms with Gasteiger partial charge in [-0.15, -0.1) is 0 Å². The highest BCUT2D eigenvalue weighted by atomic mass is 79.9. The minimum absolute atomic E-state index is 0.00721. The van der Waals surface area contributed by atoms with E-state index >= 15 is 0 Å². The van der Waals surface area contributed by atoms with Crippen molar-refractivity contribution in [1.29, 1.82) is 0 Å². The first-order valence-corrected chi connectivity index (χ1v) is 8.49. The van der Waals surface area contributed by atoms with E-state index in [1.807, 2.05) is 24.3 Å². The van der Waals surface area contributed by atoms with Crippen LogP contribution in [-0.2, 0) is 14.3 Å². The number of rotatable bonds is 7. The molecule has 1 unspecified atom stereocenters. The van der Waals surface area contributed by atoms with Crippen molar-refractivity contribution in [2.75, 3.05) is 29.7 Å². The molecule has 6 nitrogen and oxygen atoms in total. The Kier molecular flexibility index (Phi) is 6.97. The number of carbonyl (C=O) groups excluding carboxylic acids is 2. The number of amides is 2. The number of halogens is 1. The molecule has 0 aliphatic rings. The summed E-state index contributed by atoms with van der Waals surface area (Å²) in [6.45, 7) is 1.79. The SMILES string of the molecule is COCC(=O)Nc1ccc(NC(C)C(=O)Nc2ccc(Br)cc2)cc1. The van der Waals surface area contributed by atoms with Gasteiger partial charge >= 0.3 is 0 Å². The molecule has 0 heterocycles. The van der Waals surface area contributed by atoms with Crippen LogP contribution >= 0.6 is 15.9 Å². The third-order valence-corrected chi connectivity index (χ3v) is 3.86. The van der Waals surface area contributed by atoms with E-state index in [2.05, 4.69) is 31.9 Å². The highest BCUT2D eigenvalue weighted by molar-refractivity contribution is 9.10. The van der Waals surface area contributed by atoms with Crippen LogP contribution in [0.4, 0.5) is 17.1 Å². The van der Waals surface area contributed by atoms with Crippen molar-refractivity contribution in [2.24, 2.45) is 0 Å². The van der Waals surface area contributed by atoms with Gasteiger partial charge in [-0.25, -0.2) is 0 Å². The lowest BCUT2D eigenvalue weighted by Gasteiger charge is -2.16. The van der Waals surface area contributed by atoms with Crippen LogP contribution in [0.2, 0.25) is 0 Å². The van der Waals surface area contributed by atoms with Crippen molar-refractivity contribution in [3.05, 3.63) is 53.0 Å². The zero-order valence-electron chi connectivity index (χ0n) is 14.0. The molecule has 0 fully saturated rings. The van der Waals surface area contributed by atoms with Gasteiger partial charge in [0.05, 0.1) is 0 Å². The molecule has 7 heteroatoms. The Balaban J connectivity index is 1.88. The normalized spacial score (nSPS) is 11.5. The van der Waals surface area contributed by atoms with Crippen molar-refractivity contribution in [1.82, 2.24) is 0 Å². The molecular weight excluding hydrogens is 386 g/mol. The van der Waals surface area contributed by atoms with E-state index in [4.69, 9.17) is 4.74 Å². The molecule has 2 aromatic carbocycles. The van der Waals surface area contributed by atoms with Gasteiger partial charge in [0.15, 0.2) is 0 Å². The molecule has 0 saturated heterocycles. The first kappa shape index (κ1) is 19.0. The third-order valence-electron chi connectivity index (χ3n) is 3.33. The molecule has 25 heavy (non-hydrogen) atoms. The Bertz CT molecular complexity index is 717. The fourth-order valence-electron chi connectivity index (χ4n) is 2.08. The summed E-state index contributed by atoms with van der Waals surface area (Å²) in [5.41, 5.74) is 2.18. The van der Waals surface area contributed by atoms with Crippen molar-refractivity contribution < 1.29 is 14.3 Å². The molecule has 0 saturated carbocycles. The van der Waals surface area contributed by atoms with Crippen molar-refractivity contribution >= 4 is 44.8 Å². The van der Waals surface area contributed by atoms with Crippen molar-refractivity contribution in [3.63, 3.8) is 0 Å². The van der Waals surface area contributed by atoms with Crippen LogP contribution in [0.15, 0.2) is 53.0 Å². The molecule has 1 atom stereocenters. The summed E-state index contributed by atoms with van der Waals surface area (Å²) in [6, 6.07) is 14.1. The van der Waals surface area contributed by atoms with Crippen LogP contribution in [0.1, 0.15) is 6.92 Å². The quantitative estimate of drug-likeness (QED) is 0.658. The summed E-state index contributed by atoms with van der Waals surface area (Å²) >= 11 is 3.36. The Morgan fingerprint density at radius 3 is 2.08 bits per heavy atom. The lowest BCUT2D eigenvalue weighted by Crippen LogP contribution is -2.31. The smallest absolute Gasteiger partial charge is 0.250 e. The van der Waals surface area contributed by atoms with Gasteiger partial charge in [-0.2, -0.15) is 0 Å². The van der Waals surface area contributed by atoms with Gasteiger partial charge in [0.25, 0.3) is 0 Å². The Morgan fingerprint density at radius 1 is 0.960 bits per heavy atom. The molecule has 132 valence electrons. The van der Waals surface area contributed by atoms with E-state index in [0.717, 1.165) is 15.8 Å². The van der Waals surface area contributed by atoms with Gasteiger partial charge in [-0.3, -0.25) is 9.59 Å². The standard InChI is InChI=1S/C18H20BrN3O3/c1-12(18(24)22-16-5-3-13(19)4-6-16)20-14-7-9-15(10-8-14)21-17(23)11-25-2/h3-10,12,20H,11H2,1-2H3,(H,21,23)(H,22,24). The zero-order valence-corrected chi connectivity index (χ0v) is 15.6. The number of hydrogen-bond acceptors (Lipinski definition) is 4. The third kappa shape index (κ3) is 6.21. The lowest BCUT2D eigenvalue weighted by molar-refractivity contribution is -0.119. The second-order valence-electron chi connectivity index (χ2n) is 5.42. The molecule has 0 aromatic heterocycles. The van der Waals surface area contributed by atoms with E-state index < -0.39 is 6.04 Å². The summed E-state index contributed by atoms with van der Waals surface area (Å²) in [4.78, 5) is 23.7. The van der Waals surface area contributed by atoms with Gasteiger partial charge < -0.3 is 20.7 Å². The maximum absolute atomic E-state index is 12.2. The largest absolute Gasteiger partial charge is 0.375 e. The topological polar surface area (TPSA) is 79.5 Å². The van der Waals surface area contributed by atoms with Gasteiger partial charge in [0, 0.05) is 28.6 Å². The maximum atomic E-state index is 12.2. The second-order valence-corrected chi connectivity index (χ2v) is 6.34. The molecule has 2 amide bonds. The van der Waals surface area contributed by atoms with Crippen LogP contribution in [0, 0.1) is 0 Å². The average Bonchev–Trinajstić information content (AvgIpc) is 2.59. The van der Waals surface area contributed by atoms with Gasteiger partial charge in [-0.1, -0.05) is 15.9 Å². The van der Waals surface area contributed by atoms with Gasteiger partial charge in [0.1, 0.15) is 12.6 Å². The second kappa shape index (κ2) is 9.19. The molecular formula is C18H20BrN3O3. The Labute approximate surface area is 155 Å². The molecule has 0 radical (unpaired) electrons. The van der Waals surface area contributed by atoms with Gasteiger partial charge in [0.2, 0.25) is 11.8 Å². The maximum Gasteiger partial charge on any atom is 0.250 e. The first-order chi connectivity index (χ1) is 12.0. The van der Waals surface area contributed by atoms with Crippen LogP contribution < -0.4 is 16.0 Å². The predicted octanol–water partition coefficient (Wildman–Crippen LogP) is 3.47. The summed E-state index contributed by atoms with van der Waals surface area (Å²) in [7, 11) is 1.47. The number of anilines is 3. The highest BCUT2D eigenvalue weighted by Gasteiger charge is 2.13. The van der Waals surface area contributed by atoms with E-state index in [0.29, 0.717) is 5.69 Å². The zero-order chi connectivity index (χ0) is 18.2. The summed E-state index contributed by atoms with van der Waals surface area (Å²) in [5, 5.41) is 8.68. The molecule has 2 rings (SSSR count). The van der Waals surface area contributed by atoms with E-state index in [1.54, 1.807) is 31.2 Å². The Hall–Kier alpha value is -2.38. The minimum atomic E-state index is -0.419. The number of hydrogen-bond donors (Lipinski definition) is 3. The van der Waals surface area contributed by atoms with Gasteiger partial charge in [-0.05, 0) is 55.5 Å². The number of carbonyl (C=O) groups is 2. The average molecular weight is 406 g/mol. The summed E-state index contributed by atoms with van der Waals surface area (Å²) in [5.74, 6) is -0.356. The van der Waals surface area contributed by atoms with E-state index in [9.17, 15) is 9.59 Å². The fraction of sp³-hybridized carbons (Fsp3) is 0.222. The van der Waals surface area contributed by atoms with Crippen molar-refractivity contribution in [2.45, 2.75) is 13.0 Å². The Morgan fingerprint density at radius 2 is 1.48 bits per heavy atom.